The molecule has 27 heavy (non-hydrogen) atoms. The van der Waals surface area contributed by atoms with Gasteiger partial charge in [-0.25, -0.2) is 18.4 Å². The third kappa shape index (κ3) is 5.53. The van der Waals surface area contributed by atoms with Crippen LogP contribution >= 0.6 is 11.6 Å². The highest BCUT2D eigenvalue weighted by atomic mass is 35.5. The molecule has 0 radical (unpaired) electrons. The maximum absolute atomic E-state index is 12.2. The van der Waals surface area contributed by atoms with Crippen LogP contribution < -0.4 is 10.5 Å². The van der Waals surface area contributed by atoms with Gasteiger partial charge in [-0.1, -0.05) is 30.7 Å². The predicted molar refractivity (Wildman–Crippen MR) is 102 cm³/mol. The van der Waals surface area contributed by atoms with E-state index < -0.39 is 32.9 Å². The van der Waals surface area contributed by atoms with Crippen LogP contribution in [0.3, 0.4) is 0 Å². The van der Waals surface area contributed by atoms with E-state index in [1.807, 2.05) is 19.1 Å². The molecule has 0 saturated carbocycles. The fourth-order valence-electron chi connectivity index (χ4n) is 2.20. The van der Waals surface area contributed by atoms with Gasteiger partial charge in [0.1, 0.15) is 4.90 Å². The number of amides is 1. The van der Waals surface area contributed by atoms with Crippen LogP contribution in [0.4, 0.5) is 5.69 Å². The van der Waals surface area contributed by atoms with Crippen molar-refractivity contribution in [1.82, 2.24) is 0 Å². The van der Waals surface area contributed by atoms with E-state index in [-0.39, 0.29) is 10.6 Å². The Hall–Kier alpha value is -2.42. The van der Waals surface area contributed by atoms with Crippen molar-refractivity contribution in [3.05, 3.63) is 58.6 Å². The highest BCUT2D eigenvalue weighted by Crippen LogP contribution is 2.22. The first-order chi connectivity index (χ1) is 12.6. The van der Waals surface area contributed by atoms with Gasteiger partial charge >= 0.3 is 5.97 Å². The molecule has 0 heterocycles. The van der Waals surface area contributed by atoms with Crippen molar-refractivity contribution in [2.24, 2.45) is 5.14 Å². The summed E-state index contributed by atoms with van der Waals surface area (Å²) < 4.78 is 28.1. The summed E-state index contributed by atoms with van der Waals surface area (Å²) in [7, 11) is -4.10. The summed E-state index contributed by atoms with van der Waals surface area (Å²) in [6.45, 7) is 3.43. The van der Waals surface area contributed by atoms with Gasteiger partial charge < -0.3 is 10.1 Å². The first-order valence-corrected chi connectivity index (χ1v) is 9.97. The lowest BCUT2D eigenvalue weighted by atomic mass is 10.1. The molecule has 1 amide bonds. The first-order valence-electron chi connectivity index (χ1n) is 8.05. The standard InChI is InChI=1S/C18H19ClN2O5S/c1-3-12-4-7-14(8-5-12)21-17(22)11(2)26-18(23)13-6-9-15(19)16(10-13)27(20,24)25/h4-11H,3H2,1-2H3,(H,21,22)(H2,20,24,25)/t11-/m1/s1. The zero-order chi connectivity index (χ0) is 20.2. The number of rotatable bonds is 6. The molecule has 0 aliphatic heterocycles. The Morgan fingerprint density at radius 3 is 2.37 bits per heavy atom. The Labute approximate surface area is 162 Å². The van der Waals surface area contributed by atoms with Crippen molar-refractivity contribution in [2.45, 2.75) is 31.3 Å². The second-order valence-electron chi connectivity index (χ2n) is 5.78. The van der Waals surface area contributed by atoms with E-state index in [0.29, 0.717) is 5.69 Å². The molecule has 0 saturated heterocycles. The predicted octanol–water partition coefficient (Wildman–Crippen LogP) is 2.73. The molecule has 0 unspecified atom stereocenters. The smallest absolute Gasteiger partial charge is 0.338 e. The topological polar surface area (TPSA) is 116 Å². The number of nitrogens with two attached hydrogens (primary N) is 1. The number of sulfonamides is 1. The molecule has 0 aliphatic rings. The molecule has 0 fully saturated rings. The second-order valence-corrected chi connectivity index (χ2v) is 7.71. The molecule has 0 aromatic heterocycles. The zero-order valence-electron chi connectivity index (χ0n) is 14.7. The number of halogens is 1. The fraction of sp³-hybridized carbons (Fsp3) is 0.222. The second kappa shape index (κ2) is 8.51. The molecule has 144 valence electrons. The highest BCUT2D eigenvalue weighted by molar-refractivity contribution is 7.89. The SMILES string of the molecule is CCc1ccc(NC(=O)[C@@H](C)OC(=O)c2ccc(Cl)c(S(N)(=O)=O)c2)cc1. The number of anilines is 1. The van der Waals surface area contributed by atoms with E-state index >= 15 is 0 Å². The number of hydrogen-bond acceptors (Lipinski definition) is 5. The molecule has 0 aliphatic carbocycles. The van der Waals surface area contributed by atoms with Crippen molar-refractivity contribution in [2.75, 3.05) is 5.32 Å². The van der Waals surface area contributed by atoms with Gasteiger partial charge in [0.25, 0.3) is 5.91 Å². The third-order valence-electron chi connectivity index (χ3n) is 3.76. The number of carbonyl (C=O) groups is 2. The largest absolute Gasteiger partial charge is 0.449 e. The van der Waals surface area contributed by atoms with Crippen molar-refractivity contribution in [3.8, 4) is 0 Å². The van der Waals surface area contributed by atoms with Gasteiger partial charge in [-0.2, -0.15) is 0 Å². The van der Waals surface area contributed by atoms with Crippen LogP contribution in [-0.4, -0.2) is 26.4 Å². The third-order valence-corrected chi connectivity index (χ3v) is 5.15. The minimum Gasteiger partial charge on any atom is -0.449 e. The average Bonchev–Trinajstić information content (AvgIpc) is 2.61. The van der Waals surface area contributed by atoms with Crippen LogP contribution in [0, 0.1) is 0 Å². The molecular weight excluding hydrogens is 392 g/mol. The minimum atomic E-state index is -4.10. The van der Waals surface area contributed by atoms with Crippen LogP contribution in [0.1, 0.15) is 29.8 Å². The van der Waals surface area contributed by atoms with Crippen LogP contribution in [0.2, 0.25) is 5.02 Å². The normalized spacial score (nSPS) is 12.3. The van der Waals surface area contributed by atoms with E-state index in [2.05, 4.69) is 5.32 Å². The highest BCUT2D eigenvalue weighted by Gasteiger charge is 2.21. The Morgan fingerprint density at radius 2 is 1.81 bits per heavy atom. The van der Waals surface area contributed by atoms with Gasteiger partial charge in [0.15, 0.2) is 6.10 Å². The molecule has 0 bridgehead atoms. The first kappa shape index (κ1) is 20.9. The van der Waals surface area contributed by atoms with E-state index in [1.165, 1.54) is 19.1 Å². The maximum atomic E-state index is 12.2. The molecule has 1 atom stereocenters. The maximum Gasteiger partial charge on any atom is 0.338 e. The van der Waals surface area contributed by atoms with Gasteiger partial charge in [0.05, 0.1) is 10.6 Å². The monoisotopic (exact) mass is 410 g/mol. The van der Waals surface area contributed by atoms with Crippen LogP contribution in [0.5, 0.6) is 0 Å². The number of primary sulfonamides is 1. The summed E-state index contributed by atoms with van der Waals surface area (Å²) >= 11 is 5.78. The van der Waals surface area contributed by atoms with E-state index in [1.54, 1.807) is 12.1 Å². The molecule has 9 heteroatoms. The summed E-state index contributed by atoms with van der Waals surface area (Å²) in [6.07, 6.45) is -0.221. The molecular formula is C18H19ClN2O5S. The van der Waals surface area contributed by atoms with Gasteiger partial charge in [0, 0.05) is 5.69 Å². The van der Waals surface area contributed by atoms with Gasteiger partial charge in [-0.15, -0.1) is 0 Å². The molecule has 0 spiro atoms. The quantitative estimate of drug-likeness (QED) is 0.710. The average molecular weight is 411 g/mol. The van der Waals surface area contributed by atoms with Gasteiger partial charge in [-0.05, 0) is 49.2 Å². The summed E-state index contributed by atoms with van der Waals surface area (Å²) in [5.74, 6) is -1.39. The fourth-order valence-corrected chi connectivity index (χ4v) is 3.27. The van der Waals surface area contributed by atoms with E-state index in [9.17, 15) is 18.0 Å². The van der Waals surface area contributed by atoms with Crippen LogP contribution in [0.15, 0.2) is 47.4 Å². The number of carbonyl (C=O) groups excluding carboxylic acids is 2. The number of aryl methyl sites for hydroxylation is 1. The molecule has 7 nitrogen and oxygen atoms in total. The lowest BCUT2D eigenvalue weighted by molar-refractivity contribution is -0.123. The summed E-state index contributed by atoms with van der Waals surface area (Å²) in [4.78, 5) is 24.0. The van der Waals surface area contributed by atoms with Gasteiger partial charge in [-0.3, -0.25) is 4.79 Å². The van der Waals surface area contributed by atoms with Crippen molar-refractivity contribution in [1.29, 1.82) is 0 Å². The minimum absolute atomic E-state index is 0.0876. The lowest BCUT2D eigenvalue weighted by Crippen LogP contribution is -2.30. The molecule has 2 rings (SSSR count). The summed E-state index contributed by atoms with van der Waals surface area (Å²) in [5, 5.41) is 7.58. The molecule has 2 aromatic carbocycles. The van der Waals surface area contributed by atoms with E-state index in [4.69, 9.17) is 21.5 Å². The van der Waals surface area contributed by atoms with E-state index in [0.717, 1.165) is 18.1 Å². The number of esters is 1. The van der Waals surface area contributed by atoms with Crippen molar-refractivity contribution < 1.29 is 22.7 Å². The number of nitrogens with one attached hydrogen (secondary N) is 1. The Kier molecular flexibility index (Phi) is 6.59. The molecule has 3 N–H and O–H groups in total. The number of hydrogen-bond donors (Lipinski definition) is 2. The Bertz CT molecular complexity index is 958. The summed E-state index contributed by atoms with van der Waals surface area (Å²) in [5.41, 5.74) is 1.61. The van der Waals surface area contributed by atoms with Crippen LogP contribution in [-0.2, 0) is 26.0 Å². The van der Waals surface area contributed by atoms with Gasteiger partial charge in [0.2, 0.25) is 10.0 Å². The number of ether oxygens (including phenoxy) is 1. The lowest BCUT2D eigenvalue weighted by Gasteiger charge is -2.14. The number of benzene rings is 2. The Morgan fingerprint density at radius 1 is 1.19 bits per heavy atom. The van der Waals surface area contributed by atoms with Crippen LogP contribution in [0.25, 0.3) is 0 Å². The zero-order valence-corrected chi connectivity index (χ0v) is 16.3. The Balaban J connectivity index is 2.07. The van der Waals surface area contributed by atoms with Crippen molar-refractivity contribution in [3.63, 3.8) is 0 Å². The van der Waals surface area contributed by atoms with Crippen molar-refractivity contribution >= 4 is 39.2 Å². The molecule has 2 aromatic rings. The summed E-state index contributed by atoms with van der Waals surface area (Å²) in [6, 6.07) is 10.8.